The molecule has 6 heteroatoms. The van der Waals surface area contributed by atoms with Crippen molar-refractivity contribution in [1.82, 2.24) is 5.43 Å². The third-order valence-electron chi connectivity index (χ3n) is 4.21. The Labute approximate surface area is 162 Å². The highest BCUT2D eigenvalue weighted by Gasteiger charge is 2.08. The third-order valence-corrected chi connectivity index (χ3v) is 4.21. The number of carbonyl (C=O) groups is 2. The number of hydrogen-bond donors (Lipinski definition) is 3. The number of nitrogens with one attached hydrogen (secondary N) is 2. The molecule has 0 aliphatic heterocycles. The van der Waals surface area contributed by atoms with E-state index in [1.807, 2.05) is 55.5 Å². The third kappa shape index (κ3) is 4.94. The quantitative estimate of drug-likeness (QED) is 0.453. The number of amides is 2. The fraction of sp³-hybridized carbons (Fsp3) is 0.136. The largest absolute Gasteiger partial charge is 0.507 e. The van der Waals surface area contributed by atoms with Crippen LogP contribution in [0.15, 0.2) is 65.8 Å². The van der Waals surface area contributed by atoms with Gasteiger partial charge in [0.15, 0.2) is 0 Å². The molecule has 0 aromatic heterocycles. The number of aryl methyl sites for hydroxylation is 1. The van der Waals surface area contributed by atoms with Crippen molar-refractivity contribution in [3.63, 3.8) is 0 Å². The lowest BCUT2D eigenvalue weighted by atomic mass is 10.0. The standard InChI is InChI=1S/C22H21N3O3/c1-15-5-4-7-17(13-15)24-21(27)11-12-22(28)25-23-14-19-18-8-3-2-6-16(18)9-10-20(19)26/h2-10,13-14,26H,11-12H2,1H3,(H,24,27)(H,25,28)/b23-14+. The summed E-state index contributed by atoms with van der Waals surface area (Å²) in [4.78, 5) is 23.9. The number of carbonyl (C=O) groups excluding carboxylic acids is 2. The molecule has 3 aromatic rings. The summed E-state index contributed by atoms with van der Waals surface area (Å²) in [6.07, 6.45) is 1.47. The number of hydrazone groups is 1. The van der Waals surface area contributed by atoms with Gasteiger partial charge in [0.2, 0.25) is 11.8 Å². The summed E-state index contributed by atoms with van der Waals surface area (Å²) in [5.41, 5.74) is 4.66. The van der Waals surface area contributed by atoms with E-state index >= 15 is 0 Å². The smallest absolute Gasteiger partial charge is 0.240 e. The van der Waals surface area contributed by atoms with Gasteiger partial charge in [-0.1, -0.05) is 42.5 Å². The predicted octanol–water partition coefficient (Wildman–Crippen LogP) is 3.72. The molecule has 2 amide bonds. The zero-order valence-electron chi connectivity index (χ0n) is 15.5. The van der Waals surface area contributed by atoms with Gasteiger partial charge in [-0.05, 0) is 41.5 Å². The summed E-state index contributed by atoms with van der Waals surface area (Å²) in [6.45, 7) is 1.94. The molecule has 0 aliphatic carbocycles. The van der Waals surface area contributed by atoms with Gasteiger partial charge in [0, 0.05) is 24.1 Å². The lowest BCUT2D eigenvalue weighted by molar-refractivity contribution is -0.124. The monoisotopic (exact) mass is 375 g/mol. The Kier molecular flexibility index (Phi) is 6.01. The molecule has 0 spiro atoms. The number of nitrogens with zero attached hydrogens (tertiary/aromatic N) is 1. The molecule has 3 N–H and O–H groups in total. The highest BCUT2D eigenvalue weighted by atomic mass is 16.3. The average Bonchev–Trinajstić information content (AvgIpc) is 2.68. The topological polar surface area (TPSA) is 90.8 Å². The zero-order chi connectivity index (χ0) is 19.9. The van der Waals surface area contributed by atoms with E-state index in [1.54, 1.807) is 12.1 Å². The van der Waals surface area contributed by atoms with E-state index in [-0.39, 0.29) is 30.4 Å². The summed E-state index contributed by atoms with van der Waals surface area (Å²) in [6, 6.07) is 18.4. The molecule has 0 saturated heterocycles. The number of aromatic hydroxyl groups is 1. The van der Waals surface area contributed by atoms with Crippen molar-refractivity contribution in [2.45, 2.75) is 19.8 Å². The lowest BCUT2D eigenvalue weighted by Gasteiger charge is -2.06. The van der Waals surface area contributed by atoms with Crippen LogP contribution in [0.1, 0.15) is 24.0 Å². The van der Waals surface area contributed by atoms with Crippen LogP contribution in [0.5, 0.6) is 5.75 Å². The van der Waals surface area contributed by atoms with Crippen LogP contribution in [0.3, 0.4) is 0 Å². The molecule has 0 saturated carbocycles. The molecule has 0 aliphatic rings. The number of benzene rings is 3. The van der Waals surface area contributed by atoms with Gasteiger partial charge in [0.25, 0.3) is 0 Å². The Morgan fingerprint density at radius 2 is 1.79 bits per heavy atom. The molecule has 28 heavy (non-hydrogen) atoms. The van der Waals surface area contributed by atoms with Gasteiger partial charge >= 0.3 is 0 Å². The molecular weight excluding hydrogens is 354 g/mol. The van der Waals surface area contributed by atoms with Gasteiger partial charge in [-0.25, -0.2) is 5.43 Å². The Balaban J connectivity index is 1.53. The molecular formula is C22H21N3O3. The van der Waals surface area contributed by atoms with E-state index in [1.165, 1.54) is 6.21 Å². The van der Waals surface area contributed by atoms with Gasteiger partial charge in [-0.3, -0.25) is 9.59 Å². The molecule has 0 heterocycles. The van der Waals surface area contributed by atoms with Crippen LogP contribution in [0, 0.1) is 6.92 Å². The molecule has 0 unspecified atom stereocenters. The summed E-state index contributed by atoms with van der Waals surface area (Å²) in [5.74, 6) is -0.541. The van der Waals surface area contributed by atoms with Crippen molar-refractivity contribution in [3.05, 3.63) is 71.8 Å². The summed E-state index contributed by atoms with van der Waals surface area (Å²) >= 11 is 0. The molecule has 3 rings (SSSR count). The maximum absolute atomic E-state index is 12.0. The highest BCUT2D eigenvalue weighted by Crippen LogP contribution is 2.25. The maximum Gasteiger partial charge on any atom is 0.240 e. The van der Waals surface area contributed by atoms with E-state index in [2.05, 4.69) is 15.8 Å². The fourth-order valence-corrected chi connectivity index (χ4v) is 2.82. The Morgan fingerprint density at radius 1 is 1.00 bits per heavy atom. The first kappa shape index (κ1) is 19.1. The second kappa shape index (κ2) is 8.81. The minimum Gasteiger partial charge on any atom is -0.507 e. The van der Waals surface area contributed by atoms with Crippen molar-refractivity contribution in [2.24, 2.45) is 5.10 Å². The zero-order valence-corrected chi connectivity index (χ0v) is 15.5. The molecule has 142 valence electrons. The van der Waals surface area contributed by atoms with Crippen LogP contribution in [0.25, 0.3) is 10.8 Å². The normalized spacial score (nSPS) is 10.9. The number of phenolic OH excluding ortho intramolecular Hbond substituents is 1. The average molecular weight is 375 g/mol. The lowest BCUT2D eigenvalue weighted by Crippen LogP contribution is -2.20. The van der Waals surface area contributed by atoms with Crippen molar-refractivity contribution in [3.8, 4) is 5.75 Å². The van der Waals surface area contributed by atoms with Gasteiger partial charge in [-0.2, -0.15) is 5.10 Å². The van der Waals surface area contributed by atoms with Crippen LogP contribution in [-0.4, -0.2) is 23.1 Å². The molecule has 0 fully saturated rings. The van der Waals surface area contributed by atoms with Crippen LogP contribution in [0.4, 0.5) is 5.69 Å². The number of phenols is 1. The van der Waals surface area contributed by atoms with Gasteiger partial charge in [0.05, 0.1) is 6.21 Å². The van der Waals surface area contributed by atoms with Crippen LogP contribution < -0.4 is 10.7 Å². The first-order valence-electron chi connectivity index (χ1n) is 8.92. The Morgan fingerprint density at radius 3 is 2.61 bits per heavy atom. The van der Waals surface area contributed by atoms with Gasteiger partial charge in [0.1, 0.15) is 5.75 Å². The van der Waals surface area contributed by atoms with Crippen molar-refractivity contribution in [2.75, 3.05) is 5.32 Å². The van der Waals surface area contributed by atoms with Crippen molar-refractivity contribution < 1.29 is 14.7 Å². The first-order valence-corrected chi connectivity index (χ1v) is 8.92. The van der Waals surface area contributed by atoms with Crippen LogP contribution in [-0.2, 0) is 9.59 Å². The number of rotatable bonds is 6. The predicted molar refractivity (Wildman–Crippen MR) is 110 cm³/mol. The Hall–Kier alpha value is -3.67. The highest BCUT2D eigenvalue weighted by molar-refractivity contribution is 6.02. The first-order chi connectivity index (χ1) is 13.5. The van der Waals surface area contributed by atoms with Crippen LogP contribution >= 0.6 is 0 Å². The molecule has 0 atom stereocenters. The summed E-state index contributed by atoms with van der Waals surface area (Å²) in [5, 5.41) is 18.5. The van der Waals surface area contributed by atoms with E-state index < -0.39 is 0 Å². The van der Waals surface area contributed by atoms with E-state index in [9.17, 15) is 14.7 Å². The van der Waals surface area contributed by atoms with E-state index in [0.29, 0.717) is 11.3 Å². The Bertz CT molecular complexity index is 1040. The van der Waals surface area contributed by atoms with Gasteiger partial charge in [-0.15, -0.1) is 0 Å². The van der Waals surface area contributed by atoms with E-state index in [0.717, 1.165) is 16.3 Å². The number of anilines is 1. The van der Waals surface area contributed by atoms with Crippen LogP contribution in [0.2, 0.25) is 0 Å². The minimum atomic E-state index is -0.379. The number of hydrogen-bond acceptors (Lipinski definition) is 4. The second-order valence-corrected chi connectivity index (χ2v) is 6.43. The molecule has 6 nitrogen and oxygen atoms in total. The summed E-state index contributed by atoms with van der Waals surface area (Å²) in [7, 11) is 0. The molecule has 3 aromatic carbocycles. The second-order valence-electron chi connectivity index (χ2n) is 6.43. The van der Waals surface area contributed by atoms with Crippen molar-refractivity contribution >= 4 is 34.5 Å². The van der Waals surface area contributed by atoms with Gasteiger partial charge < -0.3 is 10.4 Å². The maximum atomic E-state index is 12.0. The number of fused-ring (bicyclic) bond motifs is 1. The molecule has 0 radical (unpaired) electrons. The SMILES string of the molecule is Cc1cccc(NC(=O)CCC(=O)N/N=C/c2c(O)ccc3ccccc23)c1. The summed E-state index contributed by atoms with van der Waals surface area (Å²) < 4.78 is 0. The van der Waals surface area contributed by atoms with E-state index in [4.69, 9.17) is 0 Å². The fourth-order valence-electron chi connectivity index (χ4n) is 2.82. The van der Waals surface area contributed by atoms with Crippen molar-refractivity contribution in [1.29, 1.82) is 0 Å². The molecule has 0 bridgehead atoms. The minimum absolute atomic E-state index is 0.0104.